The summed E-state index contributed by atoms with van der Waals surface area (Å²) in [5.41, 5.74) is 4.58. The van der Waals surface area contributed by atoms with Gasteiger partial charge in [-0.3, -0.25) is 24.0 Å². The number of likely N-dealkylation sites (tertiary alicyclic amines) is 2. The van der Waals surface area contributed by atoms with Gasteiger partial charge in [-0.05, 0) is 172 Å². The molecule has 95 heavy (non-hydrogen) atoms. The van der Waals surface area contributed by atoms with Gasteiger partial charge in [-0.2, -0.15) is 0 Å². The van der Waals surface area contributed by atoms with Crippen LogP contribution in [0.25, 0.3) is 0 Å². The van der Waals surface area contributed by atoms with E-state index < -0.39 is 29.1 Å². The Morgan fingerprint density at radius 3 is 1.32 bits per heavy atom. The fraction of sp³-hybridized carbons (Fsp3) is 0.500. The van der Waals surface area contributed by atoms with Crippen LogP contribution in [0.1, 0.15) is 156 Å². The number of aliphatic carboxylic acids is 1. The van der Waals surface area contributed by atoms with Crippen molar-refractivity contribution in [2.45, 2.75) is 181 Å². The van der Waals surface area contributed by atoms with Crippen molar-refractivity contribution in [3.63, 3.8) is 0 Å². The summed E-state index contributed by atoms with van der Waals surface area (Å²) < 4.78 is 0. The molecule has 4 aromatic rings. The zero-order valence-electron chi connectivity index (χ0n) is 56.2. The molecule has 4 aromatic carbocycles. The molecule has 23 heteroatoms. The van der Waals surface area contributed by atoms with Crippen LogP contribution in [0.2, 0.25) is 20.1 Å². The van der Waals surface area contributed by atoms with Gasteiger partial charge in [0, 0.05) is 109 Å². The number of fused-ring (bicyclic) bond motifs is 2. The number of amidine groups is 2. The molecule has 5 amide bonds. The van der Waals surface area contributed by atoms with Crippen LogP contribution < -0.4 is 5.32 Å². The third kappa shape index (κ3) is 14.2. The maximum absolute atomic E-state index is 14.8. The summed E-state index contributed by atoms with van der Waals surface area (Å²) in [5.74, 6) is -1.06. The van der Waals surface area contributed by atoms with Gasteiger partial charge in [-0.25, -0.2) is 14.8 Å². The third-order valence-corrected chi connectivity index (χ3v) is 23.1. The van der Waals surface area contributed by atoms with Crippen LogP contribution in [0.15, 0.2) is 128 Å². The first-order valence-corrected chi connectivity index (χ1v) is 36.3. The SMILES string of the molecule is CC(=O)N1CCNC[C@H]1C.CC[C@@H]1CC[C@@H](C(=O)N2CCN(C(C)=O)[C@H](C)C2)N1C(=O)C1=C(C(C)C)N2C(=N[C@@](C)(c3ccc(Cl)cc3)[C@H]2c2ccc(Cl)cc2)S1.CC[C@@H]1CC[C@@H](C(=O)O)N1C(=O)C1=C(C(C)C)N2C(=N[C@@](C)(c3ccc(Cl)cc3)[C@H]2c2ccc(Cl)cc2)S1. The lowest BCUT2D eigenvalue weighted by Crippen LogP contribution is -2.58. The smallest absolute Gasteiger partial charge is 0.326 e. The number of carbonyl (C=O) groups excluding carboxylic acids is 5. The van der Waals surface area contributed by atoms with Crippen LogP contribution in [-0.4, -0.2) is 161 Å². The van der Waals surface area contributed by atoms with Gasteiger partial charge < -0.3 is 44.7 Å². The minimum atomic E-state index is -0.948. The lowest BCUT2D eigenvalue weighted by molar-refractivity contribution is -0.148. The fourth-order valence-corrected chi connectivity index (χ4v) is 18.4. The van der Waals surface area contributed by atoms with Crippen LogP contribution in [0, 0.1) is 11.8 Å². The number of allylic oxidation sites excluding steroid dienone is 2. The Morgan fingerprint density at radius 2 is 0.958 bits per heavy atom. The first-order chi connectivity index (χ1) is 45.1. The van der Waals surface area contributed by atoms with Gasteiger partial charge in [0.15, 0.2) is 10.3 Å². The Hall–Kier alpha value is -6.06. The molecule has 0 unspecified atom stereocenters. The highest BCUT2D eigenvalue weighted by Crippen LogP contribution is 2.59. The minimum absolute atomic E-state index is 0.00229. The Kier molecular flexibility index (Phi) is 22.3. The number of nitrogens with zero attached hydrogens (tertiary/aromatic N) is 9. The van der Waals surface area contributed by atoms with Crippen molar-refractivity contribution >= 4 is 116 Å². The Balaban J connectivity index is 0.000000183. The molecule has 4 saturated heterocycles. The standard InChI is InChI=1S/C36H43Cl2N5O3S.C29H31Cl2N3O3S.C7H14N2O/c1-7-28-16-17-29(33(45)40-18-19-41(23(5)44)22(4)20-40)42(28)34(46)31-30(21(2)3)43-32(24-8-12-26(37)13-9-24)36(6,39-35(43)47-31)25-10-14-27(38)15-11-25;1-5-21-14-15-22(27(36)37)33(21)26(35)24-23(16(2)3)34-25(17-6-10-19(30)11-7-17)29(4,32-28(34)38-24)18-8-12-20(31)13-9-18;1-6-5-8-3-4-9(6)7(2)10/h8-15,21-22,28-29,32H,7,16-20H2,1-6H3;6-13,16,21-22,25H,5,14-15H2,1-4H3,(H,36,37);6,8H,3-5H2,1-2H3/t22-,28-,29+,32-,36+;21-,22+,25-,29+;6-/m111/s1. The zero-order chi connectivity index (χ0) is 68.7. The second-order valence-electron chi connectivity index (χ2n) is 26.9. The van der Waals surface area contributed by atoms with E-state index in [1.165, 1.54) is 23.5 Å². The largest absolute Gasteiger partial charge is 0.480 e. The lowest BCUT2D eigenvalue weighted by Gasteiger charge is -2.41. The average Bonchev–Trinajstić information content (AvgIpc) is 1.56. The van der Waals surface area contributed by atoms with Crippen LogP contribution in [0.3, 0.4) is 0 Å². The minimum Gasteiger partial charge on any atom is -0.480 e. The monoisotopic (exact) mass is 1410 g/mol. The van der Waals surface area contributed by atoms with Gasteiger partial charge in [0.1, 0.15) is 33.0 Å². The Labute approximate surface area is 588 Å². The van der Waals surface area contributed by atoms with E-state index in [4.69, 9.17) is 56.4 Å². The molecule has 0 bridgehead atoms. The van der Waals surface area contributed by atoms with Crippen molar-refractivity contribution in [2.24, 2.45) is 21.8 Å². The molecule has 2 N–H and O–H groups in total. The number of hydrogen-bond acceptors (Lipinski definition) is 13. The summed E-state index contributed by atoms with van der Waals surface area (Å²) in [6.45, 7) is 28.1. The summed E-state index contributed by atoms with van der Waals surface area (Å²) in [5, 5.41) is 17.2. The Bertz CT molecular complexity index is 3700. The van der Waals surface area contributed by atoms with Crippen molar-refractivity contribution in [1.29, 1.82) is 0 Å². The maximum Gasteiger partial charge on any atom is 0.326 e. The summed E-state index contributed by atoms with van der Waals surface area (Å²) in [7, 11) is 0. The van der Waals surface area contributed by atoms with Gasteiger partial charge >= 0.3 is 5.97 Å². The molecule has 10 atom stereocenters. The second-order valence-corrected chi connectivity index (χ2v) is 30.6. The van der Waals surface area contributed by atoms with E-state index in [0.717, 1.165) is 82.9 Å². The molecular weight excluding hydrogens is 1320 g/mol. The van der Waals surface area contributed by atoms with Gasteiger partial charge in [0.25, 0.3) is 11.8 Å². The van der Waals surface area contributed by atoms with Crippen LogP contribution in [0.4, 0.5) is 0 Å². The van der Waals surface area contributed by atoms with E-state index in [1.54, 1.807) is 18.7 Å². The normalized spacial score (nSPS) is 27.2. The predicted molar refractivity (Wildman–Crippen MR) is 382 cm³/mol. The predicted octanol–water partition coefficient (Wildman–Crippen LogP) is 14.0. The summed E-state index contributed by atoms with van der Waals surface area (Å²) in [6.07, 6.45) is 4.07. The number of benzene rings is 4. The highest BCUT2D eigenvalue weighted by atomic mass is 35.5. The van der Waals surface area contributed by atoms with E-state index in [2.05, 4.69) is 70.5 Å². The number of halogens is 4. The van der Waals surface area contributed by atoms with Gasteiger partial charge in [-0.1, -0.05) is 136 Å². The lowest BCUT2D eigenvalue weighted by atomic mass is 9.81. The maximum atomic E-state index is 14.8. The van der Waals surface area contributed by atoms with Crippen molar-refractivity contribution in [2.75, 3.05) is 39.3 Å². The molecule has 0 spiro atoms. The number of hydrogen-bond donors (Lipinski definition) is 2. The summed E-state index contributed by atoms with van der Waals surface area (Å²) >= 11 is 27.9. The van der Waals surface area contributed by atoms with Crippen molar-refractivity contribution in [3.8, 4) is 0 Å². The molecule has 8 aliphatic heterocycles. The van der Waals surface area contributed by atoms with E-state index in [1.807, 2.05) is 131 Å². The van der Waals surface area contributed by atoms with E-state index >= 15 is 0 Å². The zero-order valence-corrected chi connectivity index (χ0v) is 60.9. The highest BCUT2D eigenvalue weighted by Gasteiger charge is 2.57. The van der Waals surface area contributed by atoms with Crippen molar-refractivity contribution in [1.82, 2.24) is 39.6 Å². The fourth-order valence-electron chi connectivity index (χ4n) is 15.2. The van der Waals surface area contributed by atoms with Crippen LogP contribution in [0.5, 0.6) is 0 Å². The number of aliphatic imine (C=N–C) groups is 2. The number of carbonyl (C=O) groups is 6. The number of nitrogens with one attached hydrogen (secondary N) is 1. The molecule has 0 aromatic heterocycles. The van der Waals surface area contributed by atoms with E-state index in [9.17, 15) is 33.9 Å². The highest BCUT2D eigenvalue weighted by molar-refractivity contribution is 8.18. The van der Waals surface area contributed by atoms with Gasteiger partial charge in [0.2, 0.25) is 17.7 Å². The van der Waals surface area contributed by atoms with Crippen LogP contribution in [-0.2, 0) is 39.8 Å². The van der Waals surface area contributed by atoms with Gasteiger partial charge in [0.05, 0.1) is 12.1 Å². The summed E-state index contributed by atoms with van der Waals surface area (Å²) in [4.78, 5) is 103. The molecule has 8 aliphatic rings. The molecule has 12 rings (SSSR count). The third-order valence-electron chi connectivity index (χ3n) is 20.0. The van der Waals surface area contributed by atoms with E-state index in [-0.39, 0.29) is 71.6 Å². The van der Waals surface area contributed by atoms with E-state index in [0.29, 0.717) is 74.8 Å². The van der Waals surface area contributed by atoms with Gasteiger partial charge in [-0.15, -0.1) is 0 Å². The molecule has 4 fully saturated rings. The molecule has 0 radical (unpaired) electrons. The number of carboxylic acids is 1. The number of carboxylic acid groups (broad SMARTS) is 1. The molecule has 17 nitrogen and oxygen atoms in total. The number of amides is 5. The number of rotatable bonds is 12. The molecule has 508 valence electrons. The van der Waals surface area contributed by atoms with Crippen LogP contribution >= 0.6 is 69.9 Å². The molecule has 0 saturated carbocycles. The summed E-state index contributed by atoms with van der Waals surface area (Å²) in [6, 6.07) is 29.6. The molecule has 8 heterocycles. The first-order valence-electron chi connectivity index (χ1n) is 33.2. The number of thioether (sulfide) groups is 2. The second kappa shape index (κ2) is 29.6. The quantitative estimate of drug-likeness (QED) is 0.137. The molecule has 0 aliphatic carbocycles. The van der Waals surface area contributed by atoms with Crippen molar-refractivity contribution < 1.29 is 33.9 Å². The average molecular weight is 1410 g/mol. The molecular formula is C72H88Cl4N10O7S2. The number of piperazine rings is 2. The first kappa shape index (κ1) is 71.7. The topological polar surface area (TPSA) is 182 Å². The Morgan fingerprint density at radius 1 is 0.568 bits per heavy atom. The van der Waals surface area contributed by atoms with Crippen molar-refractivity contribution in [3.05, 3.63) is 161 Å².